The van der Waals surface area contributed by atoms with E-state index in [2.05, 4.69) is 240 Å². The fourth-order valence-electron chi connectivity index (χ4n) is 10.6. The molecular formula is C59H38N2O. The predicted molar refractivity (Wildman–Crippen MR) is 256 cm³/mol. The van der Waals surface area contributed by atoms with Crippen LogP contribution in [0.1, 0.15) is 22.3 Å². The predicted octanol–water partition coefficient (Wildman–Crippen LogP) is 15.5. The molecule has 0 unspecified atom stereocenters. The van der Waals surface area contributed by atoms with Crippen LogP contribution in [0.4, 0.5) is 17.1 Å². The molecule has 1 aliphatic carbocycles. The van der Waals surface area contributed by atoms with Gasteiger partial charge in [0.05, 0.1) is 16.4 Å². The van der Waals surface area contributed by atoms with Crippen LogP contribution < -0.4 is 9.64 Å². The first-order chi connectivity index (χ1) is 30.8. The van der Waals surface area contributed by atoms with E-state index in [-0.39, 0.29) is 0 Å². The average molecular weight is 791 g/mol. The number of nitrogens with zero attached hydrogens (tertiary/aromatic N) is 2. The molecule has 10 aromatic carbocycles. The fourth-order valence-corrected chi connectivity index (χ4v) is 10.6. The SMILES string of the molecule is c1ccc(N(c2ccc(-c3ccc4c5ccccc5n(-c5ccccc5)c4c3)cc2)c2ccc3c(c2)C2(c4ccccc4Oc4ccccc42)c2ccc4ccccc4c2-3)cc1. The fraction of sp³-hybridized carbons (Fsp3) is 0.0169. The van der Waals surface area contributed by atoms with Crippen molar-refractivity contribution in [1.29, 1.82) is 0 Å². The Kier molecular flexibility index (Phi) is 7.52. The molecule has 13 rings (SSSR count). The lowest BCUT2D eigenvalue weighted by atomic mass is 9.66. The highest BCUT2D eigenvalue weighted by atomic mass is 16.5. The highest BCUT2D eigenvalue weighted by molar-refractivity contribution is 6.10. The molecule has 0 fully saturated rings. The average Bonchev–Trinajstić information content (AvgIpc) is 3.83. The minimum Gasteiger partial charge on any atom is -0.457 e. The number of fused-ring (bicyclic) bond motifs is 14. The zero-order valence-electron chi connectivity index (χ0n) is 33.7. The third kappa shape index (κ3) is 4.94. The molecule has 0 N–H and O–H groups in total. The molecule has 0 amide bonds. The van der Waals surface area contributed by atoms with Gasteiger partial charge in [0.1, 0.15) is 11.5 Å². The van der Waals surface area contributed by atoms with Crippen LogP contribution in [-0.4, -0.2) is 4.57 Å². The standard InChI is InChI=1S/C59H38N2O/c1-3-16-42(17-4-1)60(44-31-27-39(28-32-44)41-29-34-48-47-21-9-12-24-54(47)61(55(48)37-41)43-18-5-2-6-19-43)45-33-35-49-53(38-45)59(52-36-30-40-15-7-8-20-46(40)58(49)52)50-22-10-13-25-56(50)62-57-26-14-11-23-51(57)59/h1-38H. The Hall–Kier alpha value is -8.14. The molecule has 62 heavy (non-hydrogen) atoms. The minimum atomic E-state index is -0.594. The van der Waals surface area contributed by atoms with E-state index in [1.54, 1.807) is 0 Å². The summed E-state index contributed by atoms with van der Waals surface area (Å²) in [5.41, 5.74) is 16.0. The molecule has 0 bridgehead atoms. The lowest BCUT2D eigenvalue weighted by Gasteiger charge is -2.39. The molecule has 0 atom stereocenters. The Morgan fingerprint density at radius 3 is 1.74 bits per heavy atom. The molecule has 3 nitrogen and oxygen atoms in total. The lowest BCUT2D eigenvalue weighted by Crippen LogP contribution is -2.32. The first kappa shape index (κ1) is 34.7. The molecule has 1 aliphatic heterocycles. The normalized spacial score (nSPS) is 13.1. The van der Waals surface area contributed by atoms with Crippen molar-refractivity contribution in [3.8, 4) is 39.4 Å². The van der Waals surface area contributed by atoms with Crippen molar-refractivity contribution in [2.45, 2.75) is 5.41 Å². The number of anilines is 3. The van der Waals surface area contributed by atoms with Crippen molar-refractivity contribution in [2.24, 2.45) is 0 Å². The molecule has 11 aromatic rings. The van der Waals surface area contributed by atoms with Crippen molar-refractivity contribution >= 4 is 49.6 Å². The van der Waals surface area contributed by atoms with Crippen LogP contribution in [0.15, 0.2) is 231 Å². The van der Waals surface area contributed by atoms with Crippen LogP contribution >= 0.6 is 0 Å². The van der Waals surface area contributed by atoms with E-state index < -0.39 is 5.41 Å². The van der Waals surface area contributed by atoms with Crippen LogP contribution in [0.25, 0.3) is 60.5 Å². The van der Waals surface area contributed by atoms with Gasteiger partial charge in [0.25, 0.3) is 0 Å². The van der Waals surface area contributed by atoms with E-state index in [0.29, 0.717) is 0 Å². The summed E-state index contributed by atoms with van der Waals surface area (Å²) in [6.45, 7) is 0. The second-order valence-corrected chi connectivity index (χ2v) is 16.4. The lowest BCUT2D eigenvalue weighted by molar-refractivity contribution is 0.436. The summed E-state index contributed by atoms with van der Waals surface area (Å²) >= 11 is 0. The van der Waals surface area contributed by atoms with E-state index in [0.717, 1.165) is 45.4 Å². The van der Waals surface area contributed by atoms with Gasteiger partial charge in [0.15, 0.2) is 0 Å². The maximum atomic E-state index is 6.70. The largest absolute Gasteiger partial charge is 0.457 e. The molecule has 2 aliphatic rings. The third-order valence-electron chi connectivity index (χ3n) is 13.2. The number of hydrogen-bond donors (Lipinski definition) is 0. The van der Waals surface area contributed by atoms with E-state index in [9.17, 15) is 0 Å². The van der Waals surface area contributed by atoms with Crippen LogP contribution in [0.3, 0.4) is 0 Å². The maximum absolute atomic E-state index is 6.70. The highest BCUT2D eigenvalue weighted by Crippen LogP contribution is 2.63. The minimum absolute atomic E-state index is 0.594. The first-order valence-electron chi connectivity index (χ1n) is 21.3. The third-order valence-corrected chi connectivity index (χ3v) is 13.2. The number of aromatic nitrogens is 1. The van der Waals surface area contributed by atoms with Gasteiger partial charge in [-0.25, -0.2) is 0 Å². The molecule has 1 aromatic heterocycles. The summed E-state index contributed by atoms with van der Waals surface area (Å²) in [4.78, 5) is 2.40. The van der Waals surface area contributed by atoms with Gasteiger partial charge in [-0.3, -0.25) is 0 Å². The van der Waals surface area contributed by atoms with Gasteiger partial charge < -0.3 is 14.2 Å². The van der Waals surface area contributed by atoms with Crippen LogP contribution in [0.2, 0.25) is 0 Å². The summed E-state index contributed by atoms with van der Waals surface area (Å²) in [5.74, 6) is 1.78. The molecule has 2 heterocycles. The number of rotatable bonds is 5. The number of ether oxygens (including phenoxy) is 1. The van der Waals surface area contributed by atoms with Crippen molar-refractivity contribution in [3.63, 3.8) is 0 Å². The molecule has 0 radical (unpaired) electrons. The molecule has 0 saturated carbocycles. The van der Waals surface area contributed by atoms with Crippen molar-refractivity contribution in [2.75, 3.05) is 4.90 Å². The Morgan fingerprint density at radius 2 is 0.968 bits per heavy atom. The first-order valence-corrected chi connectivity index (χ1v) is 21.3. The van der Waals surface area contributed by atoms with Crippen LogP contribution in [0.5, 0.6) is 11.5 Å². The number of hydrogen-bond acceptors (Lipinski definition) is 2. The maximum Gasteiger partial charge on any atom is 0.132 e. The summed E-state index contributed by atoms with van der Waals surface area (Å²) < 4.78 is 9.09. The second kappa shape index (κ2) is 13.4. The molecule has 290 valence electrons. The van der Waals surface area contributed by atoms with Crippen molar-refractivity contribution < 1.29 is 4.74 Å². The van der Waals surface area contributed by atoms with Gasteiger partial charge in [0, 0.05) is 44.6 Å². The van der Waals surface area contributed by atoms with Crippen LogP contribution in [-0.2, 0) is 5.41 Å². The number of para-hydroxylation sites is 5. The van der Waals surface area contributed by atoms with E-state index in [4.69, 9.17) is 4.74 Å². The van der Waals surface area contributed by atoms with Gasteiger partial charge in [-0.2, -0.15) is 0 Å². The Bertz CT molecular complexity index is 3500. The van der Waals surface area contributed by atoms with Crippen molar-refractivity contribution in [3.05, 3.63) is 253 Å². The summed E-state index contributed by atoms with van der Waals surface area (Å²) in [6.07, 6.45) is 0. The van der Waals surface area contributed by atoms with E-state index in [1.165, 1.54) is 66.0 Å². The molecular weight excluding hydrogens is 753 g/mol. The topological polar surface area (TPSA) is 17.4 Å². The number of benzene rings is 10. The summed E-state index contributed by atoms with van der Waals surface area (Å²) in [6, 6.07) is 83.9. The van der Waals surface area contributed by atoms with Crippen molar-refractivity contribution in [1.82, 2.24) is 4.57 Å². The van der Waals surface area contributed by atoms with E-state index in [1.807, 2.05) is 0 Å². The van der Waals surface area contributed by atoms with Gasteiger partial charge >= 0.3 is 0 Å². The molecule has 0 saturated heterocycles. The summed E-state index contributed by atoms with van der Waals surface area (Å²) in [5, 5.41) is 5.00. The van der Waals surface area contributed by atoms with Gasteiger partial charge in [-0.1, -0.05) is 158 Å². The highest BCUT2D eigenvalue weighted by Gasteiger charge is 2.51. The Morgan fingerprint density at radius 1 is 0.371 bits per heavy atom. The van der Waals surface area contributed by atoms with Gasteiger partial charge in [-0.05, 0) is 117 Å². The zero-order valence-corrected chi connectivity index (χ0v) is 33.7. The smallest absolute Gasteiger partial charge is 0.132 e. The molecule has 3 heteroatoms. The summed E-state index contributed by atoms with van der Waals surface area (Å²) in [7, 11) is 0. The Balaban J connectivity index is 0.994. The quantitative estimate of drug-likeness (QED) is 0.173. The monoisotopic (exact) mass is 790 g/mol. The second-order valence-electron chi connectivity index (χ2n) is 16.4. The molecule has 1 spiro atoms. The van der Waals surface area contributed by atoms with E-state index >= 15 is 0 Å². The van der Waals surface area contributed by atoms with Gasteiger partial charge in [0.2, 0.25) is 0 Å². The van der Waals surface area contributed by atoms with Crippen LogP contribution in [0, 0.1) is 0 Å². The van der Waals surface area contributed by atoms with Gasteiger partial charge in [-0.15, -0.1) is 0 Å². The zero-order chi connectivity index (χ0) is 40.8. The Labute approximate surface area is 360 Å².